The molecule has 4 rings (SSSR count). The Labute approximate surface area is 336 Å². The average molecular weight is 817 g/mol. The number of benzene rings is 2. The number of hydrogen-bond donors (Lipinski definition) is 5. The lowest BCUT2D eigenvalue weighted by Gasteiger charge is -2.39. The van der Waals surface area contributed by atoms with Gasteiger partial charge in [0, 0.05) is 24.0 Å². The Kier molecular flexibility index (Phi) is 15.9. The molecule has 0 aliphatic heterocycles. The molecule has 318 valence electrons. The van der Waals surface area contributed by atoms with E-state index in [0.29, 0.717) is 36.9 Å². The molecule has 3 aromatic rings. The number of H-pyrrole nitrogens is 1. The number of hydrogen-bond acceptors (Lipinski definition) is 7. The van der Waals surface area contributed by atoms with Gasteiger partial charge in [0.05, 0.1) is 30.7 Å². The molecule has 5 atom stereocenters. The first kappa shape index (κ1) is 45.7. The number of carbonyl (C=O) groups excluding carboxylic acids is 5. The van der Waals surface area contributed by atoms with Crippen molar-refractivity contribution in [3.05, 3.63) is 70.7 Å². The first-order valence-corrected chi connectivity index (χ1v) is 19.8. The summed E-state index contributed by atoms with van der Waals surface area (Å²) >= 11 is 0. The van der Waals surface area contributed by atoms with Gasteiger partial charge in [-0.2, -0.15) is 13.2 Å². The fourth-order valence-electron chi connectivity index (χ4n) is 7.14. The highest BCUT2D eigenvalue weighted by Gasteiger charge is 2.47. The number of aromatic nitrogens is 1. The summed E-state index contributed by atoms with van der Waals surface area (Å²) in [4.78, 5) is 72.4. The van der Waals surface area contributed by atoms with Gasteiger partial charge in [-0.3, -0.25) is 28.9 Å². The standard InChI is InChI=1S/C42H56F4N6O6/c1-7-25(3)35(38(55)47-20-11-12-21-58-34(54)24-52(5)6)50-40(57)41(19-18-32-29(23-41)28-15-13-16-30(37(28)48-32)42(44,45)46)51-39(56)36(26(4)8-2)49-33(53)22-27-14-9-10-17-31(27)43/h9-10,13-17,25-26,35-36,48H,7-8,11-12,18-24H2,1-6H3,(H,47,55)(H,49,53)(H,50,57)(H,51,56)/t25?,26?,35-,36-,41+/m0/s1. The maximum Gasteiger partial charge on any atom is 0.418 e. The summed E-state index contributed by atoms with van der Waals surface area (Å²) < 4.78 is 61.9. The van der Waals surface area contributed by atoms with Gasteiger partial charge in [-0.25, -0.2) is 4.39 Å². The lowest BCUT2D eigenvalue weighted by atomic mass is 9.78. The number of nitrogens with one attached hydrogen (secondary N) is 5. The summed E-state index contributed by atoms with van der Waals surface area (Å²) in [5.41, 5.74) is -1.71. The van der Waals surface area contributed by atoms with Gasteiger partial charge in [-0.05, 0) is 74.9 Å². The molecule has 2 unspecified atom stereocenters. The van der Waals surface area contributed by atoms with Crippen LogP contribution >= 0.6 is 0 Å². The van der Waals surface area contributed by atoms with Crippen LogP contribution in [-0.4, -0.2) is 90.9 Å². The number of nitrogens with zero attached hydrogens (tertiary/aromatic N) is 1. The largest absolute Gasteiger partial charge is 0.465 e. The minimum Gasteiger partial charge on any atom is -0.465 e. The molecule has 0 saturated heterocycles. The number of fused-ring (bicyclic) bond motifs is 3. The topological polar surface area (TPSA) is 162 Å². The molecule has 0 saturated carbocycles. The van der Waals surface area contributed by atoms with Crippen LogP contribution in [-0.2, 0) is 54.1 Å². The lowest BCUT2D eigenvalue weighted by Crippen LogP contribution is -2.67. The van der Waals surface area contributed by atoms with Crippen LogP contribution in [0, 0.1) is 17.7 Å². The van der Waals surface area contributed by atoms with E-state index < -0.39 is 64.7 Å². The van der Waals surface area contributed by atoms with E-state index >= 15 is 0 Å². The van der Waals surface area contributed by atoms with Crippen molar-refractivity contribution in [3.8, 4) is 0 Å². The molecule has 16 heteroatoms. The highest BCUT2D eigenvalue weighted by molar-refractivity contribution is 5.99. The smallest absolute Gasteiger partial charge is 0.418 e. The summed E-state index contributed by atoms with van der Waals surface area (Å²) in [6.07, 6.45) is -3.24. The Morgan fingerprint density at radius 3 is 2.22 bits per heavy atom. The van der Waals surface area contributed by atoms with Gasteiger partial charge in [0.25, 0.3) is 0 Å². The number of carbonyl (C=O) groups is 5. The molecule has 0 spiro atoms. The third kappa shape index (κ3) is 11.6. The summed E-state index contributed by atoms with van der Waals surface area (Å²) in [5.74, 6) is -4.25. The van der Waals surface area contributed by atoms with Gasteiger partial charge >= 0.3 is 12.1 Å². The Morgan fingerprint density at radius 1 is 0.914 bits per heavy atom. The molecular formula is C42H56F4N6O6. The minimum absolute atomic E-state index is 0.0382. The first-order chi connectivity index (χ1) is 27.4. The van der Waals surface area contributed by atoms with E-state index in [1.807, 2.05) is 13.8 Å². The van der Waals surface area contributed by atoms with E-state index in [0.717, 1.165) is 6.07 Å². The zero-order valence-electron chi connectivity index (χ0n) is 34.0. The van der Waals surface area contributed by atoms with Gasteiger partial charge in [0.2, 0.25) is 23.6 Å². The quantitative estimate of drug-likeness (QED) is 0.0649. The normalized spacial score (nSPS) is 17.4. The molecule has 1 aliphatic carbocycles. The van der Waals surface area contributed by atoms with Crippen molar-refractivity contribution in [1.29, 1.82) is 0 Å². The number of ether oxygens (including phenoxy) is 1. The molecule has 2 aromatic carbocycles. The second kappa shape index (κ2) is 20.1. The van der Waals surface area contributed by atoms with Gasteiger partial charge in [-0.15, -0.1) is 0 Å². The number of esters is 1. The molecule has 58 heavy (non-hydrogen) atoms. The molecule has 5 N–H and O–H groups in total. The van der Waals surface area contributed by atoms with Crippen molar-refractivity contribution in [1.82, 2.24) is 31.2 Å². The Hall–Kier alpha value is -4.99. The highest BCUT2D eigenvalue weighted by atomic mass is 19.4. The van der Waals surface area contributed by atoms with Gasteiger partial charge in [0.1, 0.15) is 23.4 Å². The third-order valence-electron chi connectivity index (χ3n) is 10.9. The highest BCUT2D eigenvalue weighted by Crippen LogP contribution is 2.40. The molecule has 0 bridgehead atoms. The van der Waals surface area contributed by atoms with E-state index in [2.05, 4.69) is 26.3 Å². The van der Waals surface area contributed by atoms with Gasteiger partial charge < -0.3 is 31.0 Å². The SMILES string of the molecule is CCC(C)[C@H](NC(=O)Cc1ccccc1F)C(=O)N[C@]1(C(=O)N[C@H](C(=O)NCCCCOC(=O)CN(C)C)C(C)CC)CCc2[nH]c3c(C(F)(F)F)cccc3c2C1. The van der Waals surface area contributed by atoms with Crippen LogP contribution in [0.5, 0.6) is 0 Å². The molecule has 4 amide bonds. The summed E-state index contributed by atoms with van der Waals surface area (Å²) in [5, 5.41) is 11.6. The van der Waals surface area contributed by atoms with E-state index in [9.17, 15) is 41.5 Å². The van der Waals surface area contributed by atoms with Crippen LogP contribution in [0.3, 0.4) is 0 Å². The number of amides is 4. The van der Waals surface area contributed by atoms with Crippen molar-refractivity contribution in [3.63, 3.8) is 0 Å². The number of likely N-dealkylation sites (N-methyl/N-ethyl adjacent to an activating group) is 1. The zero-order valence-corrected chi connectivity index (χ0v) is 34.0. The van der Waals surface area contributed by atoms with Crippen LogP contribution in [0.15, 0.2) is 42.5 Å². The van der Waals surface area contributed by atoms with Crippen LogP contribution in [0.25, 0.3) is 10.9 Å². The number of unbranched alkanes of at least 4 members (excludes halogenated alkanes) is 1. The second-order valence-electron chi connectivity index (χ2n) is 15.5. The summed E-state index contributed by atoms with van der Waals surface area (Å²) in [6, 6.07) is 7.35. The Balaban J connectivity index is 1.62. The van der Waals surface area contributed by atoms with E-state index in [4.69, 9.17) is 4.74 Å². The van der Waals surface area contributed by atoms with Crippen molar-refractivity contribution >= 4 is 40.5 Å². The first-order valence-electron chi connectivity index (χ1n) is 19.8. The van der Waals surface area contributed by atoms with Crippen molar-refractivity contribution in [2.45, 2.75) is 103 Å². The third-order valence-corrected chi connectivity index (χ3v) is 10.9. The maximum absolute atomic E-state index is 14.7. The van der Waals surface area contributed by atoms with Crippen LogP contribution in [0.1, 0.15) is 82.2 Å². The van der Waals surface area contributed by atoms with Crippen LogP contribution in [0.4, 0.5) is 17.6 Å². The monoisotopic (exact) mass is 816 g/mol. The van der Waals surface area contributed by atoms with Crippen LogP contribution < -0.4 is 21.3 Å². The van der Waals surface area contributed by atoms with Crippen molar-refractivity contribution in [2.75, 3.05) is 33.8 Å². The molecular weight excluding hydrogens is 760 g/mol. The van der Waals surface area contributed by atoms with Crippen molar-refractivity contribution in [2.24, 2.45) is 11.8 Å². The van der Waals surface area contributed by atoms with Crippen molar-refractivity contribution < 1.29 is 46.3 Å². The lowest BCUT2D eigenvalue weighted by molar-refractivity contribution is -0.144. The average Bonchev–Trinajstić information content (AvgIpc) is 3.54. The molecule has 0 radical (unpaired) electrons. The zero-order chi connectivity index (χ0) is 42.8. The van der Waals surface area contributed by atoms with E-state index in [-0.39, 0.29) is 73.7 Å². The Morgan fingerprint density at radius 2 is 1.59 bits per heavy atom. The maximum atomic E-state index is 14.7. The summed E-state index contributed by atoms with van der Waals surface area (Å²) in [6.45, 7) is 7.77. The fraction of sp³-hybridized carbons (Fsp3) is 0.548. The molecule has 1 aromatic heterocycles. The number of halogens is 4. The predicted molar refractivity (Wildman–Crippen MR) is 211 cm³/mol. The molecule has 1 heterocycles. The minimum atomic E-state index is -4.66. The Bertz CT molecular complexity index is 1930. The molecule has 0 fully saturated rings. The number of para-hydroxylation sites is 1. The fourth-order valence-corrected chi connectivity index (χ4v) is 7.14. The number of alkyl halides is 3. The predicted octanol–water partition coefficient (Wildman–Crippen LogP) is 4.98. The number of aromatic amines is 1. The van der Waals surface area contributed by atoms with Gasteiger partial charge in [-0.1, -0.05) is 70.9 Å². The van der Waals surface area contributed by atoms with Crippen LogP contribution in [0.2, 0.25) is 0 Å². The molecule has 12 nitrogen and oxygen atoms in total. The number of aryl methyl sites for hydroxylation is 1. The molecule has 1 aliphatic rings. The van der Waals surface area contributed by atoms with E-state index in [1.54, 1.807) is 38.9 Å². The second-order valence-corrected chi connectivity index (χ2v) is 15.5. The number of rotatable bonds is 19. The van der Waals surface area contributed by atoms with E-state index in [1.165, 1.54) is 30.3 Å². The summed E-state index contributed by atoms with van der Waals surface area (Å²) in [7, 11) is 3.50. The van der Waals surface area contributed by atoms with Gasteiger partial charge in [0.15, 0.2) is 0 Å².